The molecule has 62 heavy (non-hydrogen) atoms. The Bertz CT molecular complexity index is 3560. The number of rotatable bonds is 6. The normalized spacial score (nSPS) is 12.8. The van der Waals surface area contributed by atoms with Crippen molar-refractivity contribution in [3.63, 3.8) is 0 Å². The zero-order chi connectivity index (χ0) is 41.4. The monoisotopic (exact) mass is 808 g/mol. The summed E-state index contributed by atoms with van der Waals surface area (Å²) in [5, 5.41) is 5.02. The lowest BCUT2D eigenvalue weighted by Gasteiger charge is -2.21. The third kappa shape index (κ3) is 6.08. The van der Waals surface area contributed by atoms with Gasteiger partial charge in [-0.1, -0.05) is 166 Å². The number of benzene rings is 9. The molecule has 0 bridgehead atoms. The first-order valence-corrected chi connectivity index (χ1v) is 22.1. The summed E-state index contributed by atoms with van der Waals surface area (Å²) in [6, 6.07) is 75.1. The highest BCUT2D eigenvalue weighted by atomic mass is 32.1. The molecule has 1 aliphatic rings. The van der Waals surface area contributed by atoms with Gasteiger partial charge in [0.2, 0.25) is 0 Å². The van der Waals surface area contributed by atoms with Crippen molar-refractivity contribution in [2.75, 3.05) is 0 Å². The molecule has 0 amide bonds. The van der Waals surface area contributed by atoms with E-state index >= 15 is 0 Å². The van der Waals surface area contributed by atoms with Crippen molar-refractivity contribution in [3.8, 4) is 78.4 Å². The van der Waals surface area contributed by atoms with Crippen LogP contribution in [0.5, 0.6) is 0 Å². The van der Waals surface area contributed by atoms with E-state index in [4.69, 9.17) is 9.97 Å². The van der Waals surface area contributed by atoms with E-state index in [1.54, 1.807) is 0 Å². The van der Waals surface area contributed by atoms with Gasteiger partial charge in [-0.3, -0.25) is 0 Å². The summed E-state index contributed by atoms with van der Waals surface area (Å²) in [5.74, 6) is 0.696. The molecule has 0 saturated heterocycles. The first kappa shape index (κ1) is 36.4. The molecule has 0 aliphatic heterocycles. The molecule has 0 unspecified atom stereocenters. The highest BCUT2D eigenvalue weighted by molar-refractivity contribution is 7.25. The molecule has 0 N–H and O–H groups in total. The molecule has 292 valence electrons. The van der Waals surface area contributed by atoms with Crippen molar-refractivity contribution in [2.45, 2.75) is 19.3 Å². The Morgan fingerprint density at radius 2 is 0.952 bits per heavy atom. The average Bonchev–Trinajstić information content (AvgIpc) is 3.82. The van der Waals surface area contributed by atoms with E-state index in [2.05, 4.69) is 214 Å². The van der Waals surface area contributed by atoms with E-state index in [0.717, 1.165) is 50.3 Å². The van der Waals surface area contributed by atoms with Gasteiger partial charge in [-0.05, 0) is 121 Å². The summed E-state index contributed by atoms with van der Waals surface area (Å²) < 4.78 is 2.60. The van der Waals surface area contributed by atoms with Gasteiger partial charge in [0.05, 0.1) is 11.4 Å². The molecule has 12 rings (SSSR count). The number of thiophene rings is 1. The minimum absolute atomic E-state index is 0.0559. The van der Waals surface area contributed by atoms with Gasteiger partial charge in [-0.25, -0.2) is 9.97 Å². The summed E-state index contributed by atoms with van der Waals surface area (Å²) >= 11 is 1.85. The van der Waals surface area contributed by atoms with Crippen LogP contribution >= 0.6 is 11.3 Å². The number of fused-ring (bicyclic) bond motifs is 7. The molecular weight excluding hydrogens is 769 g/mol. The van der Waals surface area contributed by atoms with Crippen LogP contribution in [-0.4, -0.2) is 9.97 Å². The SMILES string of the molecule is CC1(C)c2ccccc2-c2cc(-c3ccccc3-c3cc(-c4cc(-c5ccc6ccccc6c5)cc(-c5ccc6sc7ccccc7c6c5)c4)nc(-c4ccccc4)n3)ccc21. The largest absolute Gasteiger partial charge is 0.228 e. The number of hydrogen-bond donors (Lipinski definition) is 0. The maximum atomic E-state index is 5.38. The van der Waals surface area contributed by atoms with Gasteiger partial charge in [0.25, 0.3) is 0 Å². The van der Waals surface area contributed by atoms with E-state index < -0.39 is 0 Å². The Morgan fingerprint density at radius 3 is 1.81 bits per heavy atom. The molecule has 1 aliphatic carbocycles. The van der Waals surface area contributed by atoms with Crippen LogP contribution in [0.3, 0.4) is 0 Å². The molecule has 9 aromatic carbocycles. The van der Waals surface area contributed by atoms with Crippen LogP contribution < -0.4 is 0 Å². The Labute approximate surface area is 365 Å². The lowest BCUT2D eigenvalue weighted by Crippen LogP contribution is -2.14. The first-order valence-electron chi connectivity index (χ1n) is 21.3. The summed E-state index contributed by atoms with van der Waals surface area (Å²) in [6.45, 7) is 4.67. The predicted octanol–water partition coefficient (Wildman–Crippen LogP) is 16.3. The maximum Gasteiger partial charge on any atom is 0.160 e. The van der Waals surface area contributed by atoms with Crippen molar-refractivity contribution in [3.05, 3.63) is 217 Å². The van der Waals surface area contributed by atoms with E-state index in [9.17, 15) is 0 Å². The molecule has 0 saturated carbocycles. The van der Waals surface area contributed by atoms with Gasteiger partial charge in [0.15, 0.2) is 5.82 Å². The lowest BCUT2D eigenvalue weighted by atomic mass is 9.82. The second kappa shape index (κ2) is 14.3. The fourth-order valence-corrected chi connectivity index (χ4v) is 10.8. The van der Waals surface area contributed by atoms with Crippen LogP contribution in [-0.2, 0) is 5.41 Å². The molecule has 2 heterocycles. The Balaban J connectivity index is 1.06. The molecule has 2 aromatic heterocycles. The van der Waals surface area contributed by atoms with Crippen LogP contribution in [0, 0.1) is 0 Å². The van der Waals surface area contributed by atoms with E-state index in [0.29, 0.717) is 5.82 Å². The molecule has 0 fully saturated rings. The fraction of sp³-hybridized carbons (Fsp3) is 0.0508. The van der Waals surface area contributed by atoms with Crippen molar-refractivity contribution in [2.24, 2.45) is 0 Å². The van der Waals surface area contributed by atoms with Gasteiger partial charge in [-0.15, -0.1) is 11.3 Å². The number of hydrogen-bond acceptors (Lipinski definition) is 3. The first-order chi connectivity index (χ1) is 30.4. The van der Waals surface area contributed by atoms with Crippen molar-refractivity contribution < 1.29 is 0 Å². The average molecular weight is 809 g/mol. The number of nitrogens with zero attached hydrogens (tertiary/aromatic N) is 2. The van der Waals surface area contributed by atoms with Crippen LogP contribution in [0.25, 0.3) is 109 Å². The van der Waals surface area contributed by atoms with Gasteiger partial charge >= 0.3 is 0 Å². The zero-order valence-electron chi connectivity index (χ0n) is 34.4. The van der Waals surface area contributed by atoms with Gasteiger partial charge in [0.1, 0.15) is 0 Å². The Kier molecular flexibility index (Phi) is 8.41. The molecule has 2 nitrogen and oxygen atoms in total. The third-order valence-corrected chi connectivity index (χ3v) is 14.0. The topological polar surface area (TPSA) is 25.8 Å². The summed E-state index contributed by atoms with van der Waals surface area (Å²) in [4.78, 5) is 10.7. The van der Waals surface area contributed by atoms with Crippen molar-refractivity contribution >= 4 is 42.3 Å². The smallest absolute Gasteiger partial charge is 0.160 e. The minimum Gasteiger partial charge on any atom is -0.228 e. The maximum absolute atomic E-state index is 5.38. The molecular formula is C59H40N2S. The van der Waals surface area contributed by atoms with Gasteiger partial charge in [-0.2, -0.15) is 0 Å². The van der Waals surface area contributed by atoms with Crippen LogP contribution in [0.4, 0.5) is 0 Å². The molecule has 0 atom stereocenters. The Hall–Kier alpha value is -7.46. The Morgan fingerprint density at radius 1 is 0.339 bits per heavy atom. The van der Waals surface area contributed by atoms with Crippen LogP contribution in [0.1, 0.15) is 25.0 Å². The van der Waals surface area contributed by atoms with Gasteiger partial charge < -0.3 is 0 Å². The van der Waals surface area contributed by atoms with E-state index in [1.807, 2.05) is 17.4 Å². The number of aromatic nitrogens is 2. The van der Waals surface area contributed by atoms with E-state index in [-0.39, 0.29) is 5.41 Å². The van der Waals surface area contributed by atoms with Crippen molar-refractivity contribution in [1.82, 2.24) is 9.97 Å². The van der Waals surface area contributed by atoms with Crippen molar-refractivity contribution in [1.29, 1.82) is 0 Å². The molecule has 11 aromatic rings. The molecule has 0 spiro atoms. The standard InChI is InChI=1S/C59H40N2S/c1-59(2)52-22-12-10-19-47(52)50-35-42(26-28-53(50)59)46-18-8-9-20-48(46)55-36-54(60-58(61-55)38-15-4-3-5-16-38)45-32-43(40-25-24-37-14-6-7-17-39(37)30-40)31-44(33-45)41-27-29-57-51(34-41)49-21-11-13-23-56(49)62-57/h3-36H,1-2H3. The highest BCUT2D eigenvalue weighted by Crippen LogP contribution is 2.50. The summed E-state index contributed by atoms with van der Waals surface area (Å²) in [5.41, 5.74) is 17.1. The van der Waals surface area contributed by atoms with E-state index in [1.165, 1.54) is 64.3 Å². The van der Waals surface area contributed by atoms with Crippen LogP contribution in [0.15, 0.2) is 206 Å². The second-order valence-corrected chi connectivity index (χ2v) is 18.1. The second-order valence-electron chi connectivity index (χ2n) is 17.0. The zero-order valence-corrected chi connectivity index (χ0v) is 35.2. The molecule has 0 radical (unpaired) electrons. The molecule has 3 heteroatoms. The summed E-state index contributed by atoms with van der Waals surface area (Å²) in [7, 11) is 0. The quantitative estimate of drug-likeness (QED) is 0.167. The third-order valence-electron chi connectivity index (χ3n) is 12.9. The highest BCUT2D eigenvalue weighted by Gasteiger charge is 2.35. The lowest BCUT2D eigenvalue weighted by molar-refractivity contribution is 0.660. The predicted molar refractivity (Wildman–Crippen MR) is 263 cm³/mol. The van der Waals surface area contributed by atoms with Gasteiger partial charge in [0, 0.05) is 42.3 Å². The summed E-state index contributed by atoms with van der Waals surface area (Å²) in [6.07, 6.45) is 0. The minimum atomic E-state index is -0.0559. The van der Waals surface area contributed by atoms with Crippen LogP contribution in [0.2, 0.25) is 0 Å². The fourth-order valence-electron chi connectivity index (χ4n) is 9.68.